The molecule has 5 heteroatoms. The van der Waals surface area contributed by atoms with E-state index in [1.165, 1.54) is 32.4 Å². The summed E-state index contributed by atoms with van der Waals surface area (Å²) in [5.74, 6) is -1.54. The summed E-state index contributed by atoms with van der Waals surface area (Å²) in [5.41, 5.74) is -1.63. The van der Waals surface area contributed by atoms with Crippen LogP contribution in [0, 0.1) is 10.8 Å². The topological polar surface area (TPSA) is 69.7 Å². The van der Waals surface area contributed by atoms with Crippen molar-refractivity contribution in [3.63, 3.8) is 0 Å². The zero-order valence-electron chi connectivity index (χ0n) is 11.9. The van der Waals surface area contributed by atoms with Crippen LogP contribution in [0.1, 0.15) is 6.42 Å². The standard InChI is InChI=1S/C16H16O5/c1-11-4-9-16(13(18)20-2,14(19)21-3)10-15(11)7-5-12(17)6-8-15/h4-9H,1,10H2,2-3H3. The van der Waals surface area contributed by atoms with Crippen molar-refractivity contribution in [3.8, 4) is 0 Å². The van der Waals surface area contributed by atoms with E-state index in [4.69, 9.17) is 9.47 Å². The largest absolute Gasteiger partial charge is 0.468 e. The Morgan fingerprint density at radius 3 is 2.05 bits per heavy atom. The molecule has 0 aromatic rings. The summed E-state index contributed by atoms with van der Waals surface area (Å²) in [5, 5.41) is 0. The Kier molecular flexibility index (Phi) is 3.68. The zero-order chi connectivity index (χ0) is 15.7. The van der Waals surface area contributed by atoms with E-state index in [0.717, 1.165) is 0 Å². The molecule has 0 fully saturated rings. The van der Waals surface area contributed by atoms with Gasteiger partial charge in [0, 0.05) is 5.41 Å². The van der Waals surface area contributed by atoms with E-state index < -0.39 is 22.8 Å². The molecule has 0 amide bonds. The van der Waals surface area contributed by atoms with Crippen LogP contribution in [0.25, 0.3) is 0 Å². The Labute approximate surface area is 122 Å². The highest BCUT2D eigenvalue weighted by Gasteiger charge is 2.53. The lowest BCUT2D eigenvalue weighted by atomic mass is 9.62. The van der Waals surface area contributed by atoms with Crippen molar-refractivity contribution >= 4 is 17.7 Å². The summed E-state index contributed by atoms with van der Waals surface area (Å²) in [4.78, 5) is 35.7. The lowest BCUT2D eigenvalue weighted by molar-refractivity contribution is -0.166. The van der Waals surface area contributed by atoms with Gasteiger partial charge in [0.05, 0.1) is 14.2 Å². The Hall–Kier alpha value is -2.43. The van der Waals surface area contributed by atoms with E-state index in [2.05, 4.69) is 6.58 Å². The molecule has 0 bridgehead atoms. The molecule has 2 rings (SSSR count). The fourth-order valence-electron chi connectivity index (χ4n) is 2.66. The highest BCUT2D eigenvalue weighted by atomic mass is 16.5. The molecule has 2 aliphatic carbocycles. The van der Waals surface area contributed by atoms with Crippen LogP contribution in [0.3, 0.4) is 0 Å². The first kappa shape index (κ1) is 15.0. The van der Waals surface area contributed by atoms with Gasteiger partial charge in [0.2, 0.25) is 0 Å². The monoisotopic (exact) mass is 288 g/mol. The van der Waals surface area contributed by atoms with Crippen LogP contribution in [0.15, 0.2) is 48.6 Å². The minimum absolute atomic E-state index is 0.0783. The first-order valence-corrected chi connectivity index (χ1v) is 6.38. The third-order valence-electron chi connectivity index (χ3n) is 3.93. The first-order valence-electron chi connectivity index (χ1n) is 6.38. The number of rotatable bonds is 2. The third kappa shape index (κ3) is 2.24. The SMILES string of the molecule is C=C1C=CC(C(=O)OC)(C(=O)OC)CC12C=CC(=O)C=C2. The van der Waals surface area contributed by atoms with E-state index in [1.54, 1.807) is 18.2 Å². The van der Waals surface area contributed by atoms with Crippen LogP contribution in [0.5, 0.6) is 0 Å². The lowest BCUT2D eigenvalue weighted by Gasteiger charge is -2.40. The molecule has 0 saturated carbocycles. The number of allylic oxidation sites excluding steroid dienone is 6. The first-order chi connectivity index (χ1) is 9.90. The molecule has 21 heavy (non-hydrogen) atoms. The minimum Gasteiger partial charge on any atom is -0.468 e. The number of ketones is 1. The van der Waals surface area contributed by atoms with Gasteiger partial charge in [0.1, 0.15) is 0 Å². The summed E-state index contributed by atoms with van der Waals surface area (Å²) in [6.07, 6.45) is 9.25. The van der Waals surface area contributed by atoms with Crippen molar-refractivity contribution in [3.05, 3.63) is 48.6 Å². The van der Waals surface area contributed by atoms with Crippen LogP contribution in [-0.4, -0.2) is 31.9 Å². The zero-order valence-corrected chi connectivity index (χ0v) is 11.9. The molecule has 0 saturated heterocycles. The van der Waals surface area contributed by atoms with Crippen molar-refractivity contribution in [1.29, 1.82) is 0 Å². The van der Waals surface area contributed by atoms with Gasteiger partial charge in [0.25, 0.3) is 0 Å². The number of carbonyl (C=O) groups excluding carboxylic acids is 3. The maximum atomic E-state index is 12.2. The highest BCUT2D eigenvalue weighted by molar-refractivity contribution is 6.04. The summed E-state index contributed by atoms with van der Waals surface area (Å²) in [6.45, 7) is 3.95. The van der Waals surface area contributed by atoms with Crippen molar-refractivity contribution in [2.24, 2.45) is 10.8 Å². The number of carbonyl (C=O) groups is 3. The smallest absolute Gasteiger partial charge is 0.327 e. The van der Waals surface area contributed by atoms with Crippen molar-refractivity contribution < 1.29 is 23.9 Å². The van der Waals surface area contributed by atoms with E-state index in [0.29, 0.717) is 5.57 Å². The fraction of sp³-hybridized carbons (Fsp3) is 0.312. The molecule has 0 aliphatic heterocycles. The molecule has 0 aromatic carbocycles. The third-order valence-corrected chi connectivity index (χ3v) is 3.93. The second-order valence-corrected chi connectivity index (χ2v) is 5.10. The van der Waals surface area contributed by atoms with Crippen LogP contribution in [-0.2, 0) is 23.9 Å². The van der Waals surface area contributed by atoms with Gasteiger partial charge in [-0.1, -0.05) is 30.9 Å². The lowest BCUT2D eigenvalue weighted by Crippen LogP contribution is -2.46. The number of hydrogen-bond acceptors (Lipinski definition) is 5. The maximum Gasteiger partial charge on any atom is 0.327 e. The fourth-order valence-corrected chi connectivity index (χ4v) is 2.66. The molecule has 0 atom stereocenters. The average molecular weight is 288 g/mol. The summed E-state index contributed by atoms with van der Waals surface area (Å²) in [6, 6.07) is 0. The van der Waals surface area contributed by atoms with Gasteiger partial charge in [-0.05, 0) is 24.1 Å². The number of methoxy groups -OCH3 is 2. The van der Waals surface area contributed by atoms with Gasteiger partial charge in [0.15, 0.2) is 11.2 Å². The maximum absolute atomic E-state index is 12.2. The van der Waals surface area contributed by atoms with Crippen LogP contribution in [0.4, 0.5) is 0 Å². The molecule has 110 valence electrons. The molecule has 0 radical (unpaired) electrons. The quantitative estimate of drug-likeness (QED) is 0.569. The summed E-state index contributed by atoms with van der Waals surface area (Å²) in [7, 11) is 2.43. The molecule has 2 aliphatic rings. The van der Waals surface area contributed by atoms with Gasteiger partial charge in [-0.2, -0.15) is 0 Å². The van der Waals surface area contributed by atoms with Crippen LogP contribution < -0.4 is 0 Å². The molecule has 0 N–H and O–H groups in total. The second-order valence-electron chi connectivity index (χ2n) is 5.10. The van der Waals surface area contributed by atoms with E-state index in [1.807, 2.05) is 0 Å². The number of hydrogen-bond donors (Lipinski definition) is 0. The Bertz CT molecular complexity index is 574. The molecular weight excluding hydrogens is 272 g/mol. The Morgan fingerprint density at radius 1 is 1.05 bits per heavy atom. The predicted molar refractivity (Wildman–Crippen MR) is 75.1 cm³/mol. The van der Waals surface area contributed by atoms with Crippen molar-refractivity contribution in [1.82, 2.24) is 0 Å². The Morgan fingerprint density at radius 2 is 1.57 bits per heavy atom. The van der Waals surface area contributed by atoms with Crippen molar-refractivity contribution in [2.45, 2.75) is 6.42 Å². The van der Waals surface area contributed by atoms with Gasteiger partial charge >= 0.3 is 11.9 Å². The Balaban J connectivity index is 2.54. The van der Waals surface area contributed by atoms with Crippen LogP contribution in [0.2, 0.25) is 0 Å². The normalized spacial score (nSPS) is 21.4. The van der Waals surface area contributed by atoms with Gasteiger partial charge in [-0.25, -0.2) is 0 Å². The van der Waals surface area contributed by atoms with Gasteiger partial charge in [-0.15, -0.1) is 0 Å². The number of ether oxygens (including phenoxy) is 2. The molecule has 1 spiro atoms. The minimum atomic E-state index is -1.54. The van der Waals surface area contributed by atoms with Crippen LogP contribution >= 0.6 is 0 Å². The second kappa shape index (κ2) is 5.16. The highest BCUT2D eigenvalue weighted by Crippen LogP contribution is 2.49. The molecule has 0 unspecified atom stereocenters. The molecule has 0 heterocycles. The molecule has 5 nitrogen and oxygen atoms in total. The summed E-state index contributed by atoms with van der Waals surface area (Å²) < 4.78 is 9.54. The van der Waals surface area contributed by atoms with E-state index in [9.17, 15) is 14.4 Å². The summed E-state index contributed by atoms with van der Waals surface area (Å²) >= 11 is 0. The number of esters is 2. The van der Waals surface area contributed by atoms with Gasteiger partial charge < -0.3 is 9.47 Å². The van der Waals surface area contributed by atoms with E-state index in [-0.39, 0.29) is 12.2 Å². The van der Waals surface area contributed by atoms with Crippen molar-refractivity contribution in [2.75, 3.05) is 14.2 Å². The average Bonchev–Trinajstić information content (AvgIpc) is 2.51. The van der Waals surface area contributed by atoms with E-state index >= 15 is 0 Å². The predicted octanol–water partition coefficient (Wildman–Crippen LogP) is 1.52. The molecular formula is C16H16O5. The molecule has 0 aromatic heterocycles. The van der Waals surface area contributed by atoms with Gasteiger partial charge in [-0.3, -0.25) is 14.4 Å².